The van der Waals surface area contributed by atoms with Crippen LogP contribution in [0, 0.1) is 12.8 Å². The van der Waals surface area contributed by atoms with Crippen molar-refractivity contribution >= 4 is 5.91 Å². The molecule has 2 heterocycles. The van der Waals surface area contributed by atoms with Crippen molar-refractivity contribution in [3.8, 4) is 5.88 Å². The Morgan fingerprint density at radius 2 is 2.25 bits per heavy atom. The standard InChI is InChI=1S/C16H20N4O4/c1-9-13(20-24-19-9)7-14(22)18-16(11-5-12(21)6-11)10-3-4-15(23-2)17-8-10/h3-4,8,11-12,16,21H,5-7H2,1-2H3,(H,18,22)/t11?,12?,16-/m1/s1. The van der Waals surface area contributed by atoms with E-state index in [9.17, 15) is 9.90 Å². The van der Waals surface area contributed by atoms with Gasteiger partial charge in [-0.2, -0.15) is 0 Å². The average molecular weight is 332 g/mol. The number of amides is 1. The third kappa shape index (κ3) is 3.53. The minimum Gasteiger partial charge on any atom is -0.481 e. The van der Waals surface area contributed by atoms with Gasteiger partial charge >= 0.3 is 0 Å². The van der Waals surface area contributed by atoms with E-state index in [2.05, 4.69) is 25.2 Å². The second kappa shape index (κ2) is 6.96. The van der Waals surface area contributed by atoms with Crippen molar-refractivity contribution in [3.05, 3.63) is 35.3 Å². The van der Waals surface area contributed by atoms with Gasteiger partial charge in [-0.1, -0.05) is 16.4 Å². The minimum absolute atomic E-state index is 0.102. The quantitative estimate of drug-likeness (QED) is 0.810. The highest BCUT2D eigenvalue weighted by Crippen LogP contribution is 2.38. The van der Waals surface area contributed by atoms with E-state index < -0.39 is 0 Å². The van der Waals surface area contributed by atoms with Crippen molar-refractivity contribution in [2.24, 2.45) is 5.92 Å². The first-order valence-corrected chi connectivity index (χ1v) is 7.82. The van der Waals surface area contributed by atoms with E-state index in [4.69, 9.17) is 4.74 Å². The zero-order chi connectivity index (χ0) is 17.1. The molecule has 128 valence electrons. The number of nitrogens with one attached hydrogen (secondary N) is 1. The number of pyridine rings is 1. The summed E-state index contributed by atoms with van der Waals surface area (Å²) in [5, 5.41) is 20.0. The Morgan fingerprint density at radius 3 is 2.79 bits per heavy atom. The number of aryl methyl sites for hydroxylation is 1. The number of aromatic nitrogens is 3. The molecule has 8 heteroatoms. The van der Waals surface area contributed by atoms with Gasteiger partial charge in [0, 0.05) is 12.3 Å². The predicted octanol–water partition coefficient (Wildman–Crippen LogP) is 0.953. The Hall–Kier alpha value is -2.48. The number of carbonyl (C=O) groups is 1. The number of hydrogen-bond donors (Lipinski definition) is 2. The zero-order valence-corrected chi connectivity index (χ0v) is 13.6. The van der Waals surface area contributed by atoms with Gasteiger partial charge in [-0.15, -0.1) is 0 Å². The van der Waals surface area contributed by atoms with Crippen molar-refractivity contribution in [2.45, 2.75) is 38.3 Å². The van der Waals surface area contributed by atoms with Crippen LogP contribution < -0.4 is 10.1 Å². The number of hydrogen-bond acceptors (Lipinski definition) is 7. The van der Waals surface area contributed by atoms with Crippen LogP contribution >= 0.6 is 0 Å². The molecule has 0 radical (unpaired) electrons. The Balaban J connectivity index is 1.72. The van der Waals surface area contributed by atoms with Gasteiger partial charge in [0.1, 0.15) is 11.4 Å². The van der Waals surface area contributed by atoms with Gasteiger partial charge in [-0.25, -0.2) is 9.61 Å². The van der Waals surface area contributed by atoms with Gasteiger partial charge in [0.05, 0.1) is 25.7 Å². The third-order valence-corrected chi connectivity index (χ3v) is 4.34. The maximum absolute atomic E-state index is 12.4. The van der Waals surface area contributed by atoms with Gasteiger partial charge in [0.15, 0.2) is 0 Å². The lowest BCUT2D eigenvalue weighted by Crippen LogP contribution is -2.42. The number of ether oxygens (including phenoxy) is 1. The molecule has 1 atom stereocenters. The molecule has 0 bridgehead atoms. The maximum Gasteiger partial charge on any atom is 0.226 e. The van der Waals surface area contributed by atoms with Crippen LogP contribution in [0.15, 0.2) is 23.0 Å². The Kier molecular flexibility index (Phi) is 4.75. The monoisotopic (exact) mass is 332 g/mol. The first-order chi connectivity index (χ1) is 11.6. The van der Waals surface area contributed by atoms with E-state index >= 15 is 0 Å². The molecule has 3 rings (SSSR count). The molecule has 1 amide bonds. The van der Waals surface area contributed by atoms with Crippen LogP contribution in [0.2, 0.25) is 0 Å². The highest BCUT2D eigenvalue weighted by atomic mass is 16.6. The van der Waals surface area contributed by atoms with Gasteiger partial charge in [0.2, 0.25) is 11.8 Å². The van der Waals surface area contributed by atoms with Gasteiger partial charge in [-0.3, -0.25) is 4.79 Å². The first kappa shape index (κ1) is 16.4. The molecule has 1 fully saturated rings. The molecular formula is C16H20N4O4. The van der Waals surface area contributed by atoms with Crippen molar-refractivity contribution in [2.75, 3.05) is 7.11 Å². The number of aliphatic hydroxyl groups is 1. The average Bonchev–Trinajstić information content (AvgIpc) is 2.95. The molecule has 0 unspecified atom stereocenters. The Labute approximate surface area is 139 Å². The van der Waals surface area contributed by atoms with Crippen LogP contribution in [0.1, 0.15) is 35.8 Å². The molecule has 2 aromatic heterocycles. The summed E-state index contributed by atoms with van der Waals surface area (Å²) in [4.78, 5) is 16.6. The van der Waals surface area contributed by atoms with Crippen LogP contribution in [0.4, 0.5) is 0 Å². The van der Waals surface area contributed by atoms with Crippen LogP contribution in [-0.2, 0) is 11.2 Å². The maximum atomic E-state index is 12.4. The van der Waals surface area contributed by atoms with Gasteiger partial charge in [0.25, 0.3) is 0 Å². The summed E-state index contributed by atoms with van der Waals surface area (Å²) in [5.74, 6) is 0.522. The lowest BCUT2D eigenvalue weighted by Gasteiger charge is -2.38. The molecular weight excluding hydrogens is 312 g/mol. The normalized spacial score (nSPS) is 21.0. The second-order valence-electron chi connectivity index (χ2n) is 6.04. The molecule has 0 saturated heterocycles. The summed E-state index contributed by atoms with van der Waals surface area (Å²) >= 11 is 0. The number of methoxy groups -OCH3 is 1. The fourth-order valence-corrected chi connectivity index (χ4v) is 2.86. The van der Waals surface area contributed by atoms with E-state index in [0.29, 0.717) is 30.1 Å². The summed E-state index contributed by atoms with van der Waals surface area (Å²) in [5.41, 5.74) is 2.01. The van der Waals surface area contributed by atoms with E-state index in [0.717, 1.165) is 5.56 Å². The first-order valence-electron chi connectivity index (χ1n) is 7.82. The number of nitrogens with zero attached hydrogens (tertiary/aromatic N) is 3. The lowest BCUT2D eigenvalue weighted by atomic mass is 9.75. The van der Waals surface area contributed by atoms with E-state index in [1.807, 2.05) is 6.07 Å². The molecule has 2 N–H and O–H groups in total. The molecule has 24 heavy (non-hydrogen) atoms. The SMILES string of the molecule is COc1ccc([C@@H](NC(=O)Cc2nonc2C)C2CC(O)C2)cn1. The Bertz CT molecular complexity index is 694. The molecule has 8 nitrogen and oxygen atoms in total. The molecule has 2 aromatic rings. The lowest BCUT2D eigenvalue weighted by molar-refractivity contribution is -0.122. The largest absolute Gasteiger partial charge is 0.481 e. The van der Waals surface area contributed by atoms with Crippen LogP contribution in [0.25, 0.3) is 0 Å². The van der Waals surface area contributed by atoms with Crippen LogP contribution in [0.5, 0.6) is 5.88 Å². The molecule has 1 saturated carbocycles. The van der Waals surface area contributed by atoms with Crippen LogP contribution in [0.3, 0.4) is 0 Å². The molecule has 1 aliphatic rings. The van der Waals surface area contributed by atoms with Crippen LogP contribution in [-0.4, -0.2) is 39.5 Å². The topological polar surface area (TPSA) is 110 Å². The molecule has 0 aliphatic heterocycles. The minimum atomic E-state index is -0.303. The van der Waals surface area contributed by atoms with Gasteiger partial charge in [-0.05, 0) is 31.2 Å². The van der Waals surface area contributed by atoms with E-state index in [1.54, 1.807) is 26.3 Å². The van der Waals surface area contributed by atoms with Crippen molar-refractivity contribution < 1.29 is 19.3 Å². The van der Waals surface area contributed by atoms with Crippen molar-refractivity contribution in [3.63, 3.8) is 0 Å². The third-order valence-electron chi connectivity index (χ3n) is 4.34. The molecule has 1 aliphatic carbocycles. The summed E-state index contributed by atoms with van der Waals surface area (Å²) in [6.45, 7) is 1.74. The zero-order valence-electron chi connectivity index (χ0n) is 13.6. The predicted molar refractivity (Wildman–Crippen MR) is 83.1 cm³/mol. The van der Waals surface area contributed by atoms with Gasteiger partial charge < -0.3 is 15.2 Å². The number of carbonyl (C=O) groups excluding carboxylic acids is 1. The highest BCUT2D eigenvalue weighted by Gasteiger charge is 2.36. The fourth-order valence-electron chi connectivity index (χ4n) is 2.86. The number of rotatable bonds is 6. The van der Waals surface area contributed by atoms with E-state index in [-0.39, 0.29) is 30.4 Å². The summed E-state index contributed by atoms with van der Waals surface area (Å²) < 4.78 is 9.69. The highest BCUT2D eigenvalue weighted by molar-refractivity contribution is 5.78. The van der Waals surface area contributed by atoms with E-state index in [1.165, 1.54) is 0 Å². The number of aliphatic hydroxyl groups excluding tert-OH is 1. The second-order valence-corrected chi connectivity index (χ2v) is 6.04. The molecule has 0 spiro atoms. The fraction of sp³-hybridized carbons (Fsp3) is 0.500. The van der Waals surface area contributed by atoms with Crippen molar-refractivity contribution in [1.82, 2.24) is 20.6 Å². The summed E-state index contributed by atoms with van der Waals surface area (Å²) in [7, 11) is 1.55. The van der Waals surface area contributed by atoms with Crippen molar-refractivity contribution in [1.29, 1.82) is 0 Å². The smallest absolute Gasteiger partial charge is 0.226 e. The Morgan fingerprint density at radius 1 is 1.46 bits per heavy atom. The molecule has 0 aromatic carbocycles. The summed E-state index contributed by atoms with van der Waals surface area (Å²) in [6.07, 6.45) is 2.80. The summed E-state index contributed by atoms with van der Waals surface area (Å²) in [6, 6.07) is 3.43.